The predicted octanol–water partition coefficient (Wildman–Crippen LogP) is 4.85. The number of rotatable bonds is 6. The van der Waals surface area contributed by atoms with Crippen molar-refractivity contribution in [3.8, 4) is 0 Å². The van der Waals surface area contributed by atoms with Gasteiger partial charge in [0.05, 0.1) is 11.1 Å². The van der Waals surface area contributed by atoms with Gasteiger partial charge in [0, 0.05) is 29.1 Å². The Kier molecular flexibility index (Phi) is 4.97. The molecule has 3 aromatic rings. The molecular weight excluding hydrogens is 334 g/mol. The molecule has 27 heavy (non-hydrogen) atoms. The van der Waals surface area contributed by atoms with Crippen LogP contribution in [-0.2, 0) is 6.42 Å². The molecule has 1 saturated carbocycles. The van der Waals surface area contributed by atoms with E-state index in [1.165, 1.54) is 5.56 Å². The smallest absolute Gasteiger partial charge is 0.267 e. The second-order valence-corrected chi connectivity index (χ2v) is 7.02. The van der Waals surface area contributed by atoms with Gasteiger partial charge in [0.25, 0.3) is 5.91 Å². The van der Waals surface area contributed by atoms with Crippen molar-refractivity contribution in [2.24, 2.45) is 5.10 Å². The first-order valence-corrected chi connectivity index (χ1v) is 9.54. The summed E-state index contributed by atoms with van der Waals surface area (Å²) in [6, 6.07) is 19.9. The maximum atomic E-state index is 12.9. The lowest BCUT2D eigenvalue weighted by Gasteiger charge is -2.09. The average Bonchev–Trinajstić information content (AvgIpc) is 3.56. The number of aromatic nitrogens is 1. The Hall–Kier alpha value is -3.01. The summed E-state index contributed by atoms with van der Waals surface area (Å²) in [5, 5.41) is 5.28. The molecule has 2 aromatic carbocycles. The Bertz CT molecular complexity index is 991. The Morgan fingerprint density at radius 3 is 2.59 bits per heavy atom. The molecule has 1 aliphatic rings. The van der Waals surface area contributed by atoms with Gasteiger partial charge in [-0.15, -0.1) is 0 Å². The van der Waals surface area contributed by atoms with E-state index in [2.05, 4.69) is 29.6 Å². The van der Waals surface area contributed by atoms with Crippen LogP contribution in [0.3, 0.4) is 0 Å². The van der Waals surface area contributed by atoms with Gasteiger partial charge in [0.15, 0.2) is 0 Å². The lowest BCUT2D eigenvalue weighted by molar-refractivity contribution is 0.0956. The zero-order chi connectivity index (χ0) is 18.6. The molecule has 0 atom stereocenters. The maximum absolute atomic E-state index is 12.9. The first-order chi connectivity index (χ1) is 13.2. The first kappa shape index (κ1) is 17.4. The van der Waals surface area contributed by atoms with Crippen LogP contribution in [0.1, 0.15) is 53.7 Å². The Balaban J connectivity index is 1.58. The summed E-state index contributed by atoms with van der Waals surface area (Å²) < 4.78 is 0. The lowest BCUT2D eigenvalue weighted by atomic mass is 10.1. The van der Waals surface area contributed by atoms with E-state index in [4.69, 9.17) is 4.98 Å². The third-order valence-electron chi connectivity index (χ3n) is 4.95. The van der Waals surface area contributed by atoms with Crippen LogP contribution in [0.2, 0.25) is 0 Å². The molecule has 136 valence electrons. The fraction of sp³-hybridized carbons (Fsp3) is 0.261. The van der Waals surface area contributed by atoms with E-state index in [9.17, 15) is 4.79 Å². The van der Waals surface area contributed by atoms with Crippen molar-refractivity contribution in [3.05, 3.63) is 77.5 Å². The van der Waals surface area contributed by atoms with Gasteiger partial charge >= 0.3 is 0 Å². The molecule has 0 bridgehead atoms. The van der Waals surface area contributed by atoms with Crippen molar-refractivity contribution >= 4 is 22.5 Å². The largest absolute Gasteiger partial charge is 0.272 e. The van der Waals surface area contributed by atoms with Crippen LogP contribution in [0.4, 0.5) is 0 Å². The molecule has 0 saturated heterocycles. The first-order valence-electron chi connectivity index (χ1n) is 9.54. The van der Waals surface area contributed by atoms with Crippen LogP contribution in [0.15, 0.2) is 65.8 Å². The summed E-state index contributed by atoms with van der Waals surface area (Å²) in [4.78, 5) is 17.6. The Morgan fingerprint density at radius 1 is 1.11 bits per heavy atom. The number of nitrogens with zero attached hydrogens (tertiary/aromatic N) is 2. The number of nitrogens with one attached hydrogen (secondary N) is 1. The minimum absolute atomic E-state index is 0.172. The number of benzene rings is 2. The van der Waals surface area contributed by atoms with Crippen LogP contribution >= 0.6 is 0 Å². The maximum Gasteiger partial charge on any atom is 0.272 e. The monoisotopic (exact) mass is 357 g/mol. The third kappa shape index (κ3) is 4.05. The molecule has 1 N–H and O–H groups in total. The van der Waals surface area contributed by atoms with Crippen molar-refractivity contribution in [2.45, 2.75) is 38.5 Å². The van der Waals surface area contributed by atoms with Crippen LogP contribution in [0.5, 0.6) is 0 Å². The van der Waals surface area contributed by atoms with E-state index in [0.29, 0.717) is 11.5 Å². The number of hydrogen-bond acceptors (Lipinski definition) is 3. The normalized spacial score (nSPS) is 14.3. The number of carbonyl (C=O) groups excluding carboxylic acids is 1. The molecular formula is C23H23N3O. The van der Waals surface area contributed by atoms with Gasteiger partial charge in [-0.1, -0.05) is 55.5 Å². The molecule has 1 heterocycles. The highest BCUT2D eigenvalue weighted by atomic mass is 16.2. The van der Waals surface area contributed by atoms with E-state index in [-0.39, 0.29) is 5.91 Å². The van der Waals surface area contributed by atoms with E-state index < -0.39 is 0 Å². The minimum Gasteiger partial charge on any atom is -0.267 e. The van der Waals surface area contributed by atoms with Gasteiger partial charge in [-0.05, 0) is 37.0 Å². The molecule has 0 aliphatic heterocycles. The molecule has 0 radical (unpaired) electrons. The summed E-state index contributed by atoms with van der Waals surface area (Å²) in [5.41, 5.74) is 7.46. The molecule has 0 spiro atoms. The third-order valence-corrected chi connectivity index (χ3v) is 4.95. The van der Waals surface area contributed by atoms with Gasteiger partial charge in [-0.2, -0.15) is 5.10 Å². The number of para-hydroxylation sites is 1. The van der Waals surface area contributed by atoms with Crippen LogP contribution in [0, 0.1) is 0 Å². The molecule has 4 nitrogen and oxygen atoms in total. The van der Waals surface area contributed by atoms with Crippen molar-refractivity contribution < 1.29 is 4.79 Å². The fourth-order valence-electron chi connectivity index (χ4n) is 3.24. The quantitative estimate of drug-likeness (QED) is 0.506. The SMILES string of the molecule is CC/C(Cc1ccccc1)=N\NC(=O)c1cc(C2CC2)nc2ccccc12. The van der Waals surface area contributed by atoms with E-state index in [1.807, 2.05) is 48.5 Å². The van der Waals surface area contributed by atoms with Crippen LogP contribution in [-0.4, -0.2) is 16.6 Å². The number of hydrazone groups is 1. The highest BCUT2D eigenvalue weighted by Gasteiger charge is 2.26. The zero-order valence-electron chi connectivity index (χ0n) is 15.5. The molecule has 1 aromatic heterocycles. The summed E-state index contributed by atoms with van der Waals surface area (Å²) in [6.45, 7) is 2.06. The summed E-state index contributed by atoms with van der Waals surface area (Å²) in [7, 11) is 0. The lowest BCUT2D eigenvalue weighted by Crippen LogP contribution is -2.21. The number of carbonyl (C=O) groups is 1. The number of amides is 1. The highest BCUT2D eigenvalue weighted by Crippen LogP contribution is 2.40. The van der Waals surface area contributed by atoms with Gasteiger partial charge in [0.1, 0.15) is 0 Å². The highest BCUT2D eigenvalue weighted by molar-refractivity contribution is 6.06. The topological polar surface area (TPSA) is 54.4 Å². The van der Waals surface area contributed by atoms with Gasteiger partial charge < -0.3 is 0 Å². The molecule has 4 rings (SSSR count). The number of fused-ring (bicyclic) bond motifs is 1. The van der Waals surface area contributed by atoms with Crippen molar-refractivity contribution in [1.82, 2.24) is 10.4 Å². The fourth-order valence-corrected chi connectivity index (χ4v) is 3.24. The standard InChI is InChI=1S/C23H23N3O/c1-2-18(14-16-8-4-3-5-9-16)25-26-23(27)20-15-22(17-12-13-17)24-21-11-7-6-10-19(20)21/h3-11,15,17H,2,12-14H2,1H3,(H,26,27)/b25-18+. The zero-order valence-corrected chi connectivity index (χ0v) is 15.5. The number of pyridine rings is 1. The molecule has 4 heteroatoms. The van der Waals surface area contributed by atoms with Crippen molar-refractivity contribution in [2.75, 3.05) is 0 Å². The molecule has 1 aliphatic carbocycles. The summed E-state index contributed by atoms with van der Waals surface area (Å²) >= 11 is 0. The van der Waals surface area contributed by atoms with Gasteiger partial charge in [0.2, 0.25) is 0 Å². The minimum atomic E-state index is -0.172. The Labute approximate surface area is 159 Å². The summed E-state index contributed by atoms with van der Waals surface area (Å²) in [6.07, 6.45) is 3.84. The molecule has 1 fully saturated rings. The van der Waals surface area contributed by atoms with E-state index in [0.717, 1.165) is 48.0 Å². The predicted molar refractivity (Wildman–Crippen MR) is 109 cm³/mol. The van der Waals surface area contributed by atoms with E-state index in [1.54, 1.807) is 0 Å². The van der Waals surface area contributed by atoms with Crippen molar-refractivity contribution in [3.63, 3.8) is 0 Å². The second kappa shape index (κ2) is 7.70. The van der Waals surface area contributed by atoms with Crippen LogP contribution in [0.25, 0.3) is 10.9 Å². The van der Waals surface area contributed by atoms with Crippen molar-refractivity contribution in [1.29, 1.82) is 0 Å². The van der Waals surface area contributed by atoms with Crippen LogP contribution < -0.4 is 5.43 Å². The van der Waals surface area contributed by atoms with Gasteiger partial charge in [-0.25, -0.2) is 5.43 Å². The average molecular weight is 357 g/mol. The molecule has 1 amide bonds. The Morgan fingerprint density at radius 2 is 1.85 bits per heavy atom. The number of hydrogen-bond donors (Lipinski definition) is 1. The van der Waals surface area contributed by atoms with Gasteiger partial charge in [-0.3, -0.25) is 9.78 Å². The molecule has 0 unspecified atom stereocenters. The van der Waals surface area contributed by atoms with E-state index >= 15 is 0 Å². The second-order valence-electron chi connectivity index (χ2n) is 7.02. The summed E-state index contributed by atoms with van der Waals surface area (Å²) in [5.74, 6) is 0.323.